The molecule has 0 bridgehead atoms. The van der Waals surface area contributed by atoms with E-state index >= 15 is 0 Å². The van der Waals surface area contributed by atoms with E-state index in [1.165, 1.54) is 68.4 Å². The van der Waals surface area contributed by atoms with Gasteiger partial charge < -0.3 is 0 Å². The summed E-state index contributed by atoms with van der Waals surface area (Å²) in [4.78, 5) is 7.18. The second-order valence-corrected chi connectivity index (χ2v) is 37.6. The van der Waals surface area contributed by atoms with E-state index in [0.717, 1.165) is 78.1 Å². The van der Waals surface area contributed by atoms with Crippen molar-refractivity contribution in [3.05, 3.63) is 189 Å². The summed E-state index contributed by atoms with van der Waals surface area (Å²) in [7, 11) is -20.4. The Morgan fingerprint density at radius 2 is 0.963 bits per heavy atom. The van der Waals surface area contributed by atoms with Crippen molar-refractivity contribution in [1.82, 2.24) is 46.3 Å². The fourth-order valence-electron chi connectivity index (χ4n) is 9.70. The van der Waals surface area contributed by atoms with Crippen LogP contribution in [0, 0.1) is 27.7 Å². The standard InChI is InChI=1S/C10H12FN2OS.C9H10FN2OS.C9H16FN2OS.2C8H14FN2OS.C6H10FN2OS.C5H8FN2OS.C5H7FN2OS.C4H5FN2OS/c1-8-12(2)9-6-4-5-7-10(9)13(8)15(3,11)14;1-11-7-12(14(2,10)13)9-6-4-3-5-8(9)11;1-4-5-6-9-11(2)7-8-12(9)14(3,10)13;1-7(2)8-10(3)5-6-11(8)13(4,9)12;1-5-8-10(3)7(2)6-11(8)13(4,9)12;1-6-8(2)4-5-9(6)11(3,7)10;1-7-3-4-8(5-7)10(2,6)9;1-5-7-3-4-8(5)10(2,6)9;1-9(5,8)7-3-2-6-4-7/h4-7H,3H2,1-2H3;3-7H,2H2,1H3;7-8H,3-6H2,1-2H3;5-7H,4H2,1-3H3;6H,4-5H2,1-3H3;4-5H,3H2,1-2H3;3-5H,2H2,1H3;3-4H,2H2,1H3;2-4H,1H2/q7*+1;;. The minimum atomic E-state index is -3.74. The molecule has 0 saturated carbocycles. The Labute approximate surface area is 636 Å². The molecule has 11 aromatic rings. The van der Waals surface area contributed by atoms with E-state index in [4.69, 9.17) is 0 Å². The molecule has 9 aromatic heterocycles. The smallest absolute Gasteiger partial charge is 0.244 e. The summed E-state index contributed by atoms with van der Waals surface area (Å²) >= 11 is 0. The highest BCUT2D eigenvalue weighted by Crippen LogP contribution is 2.18. The van der Waals surface area contributed by atoms with Crippen LogP contribution in [0.1, 0.15) is 87.1 Å². The van der Waals surface area contributed by atoms with Crippen molar-refractivity contribution in [3.63, 3.8) is 0 Å². The van der Waals surface area contributed by atoms with Crippen LogP contribution in [0.3, 0.4) is 0 Å². The van der Waals surface area contributed by atoms with Gasteiger partial charge in [-0.25, -0.2) is 58.3 Å². The van der Waals surface area contributed by atoms with Crippen molar-refractivity contribution in [3.8, 4) is 0 Å². The second kappa shape index (κ2) is 37.9. The number of imidazole rings is 9. The molecule has 9 heterocycles. The van der Waals surface area contributed by atoms with E-state index in [9.17, 15) is 72.9 Å². The average Bonchev–Trinajstić information content (AvgIpc) is 1.61. The Hall–Kier alpha value is -8.60. The van der Waals surface area contributed by atoms with Gasteiger partial charge in [0.2, 0.25) is 20.2 Å². The van der Waals surface area contributed by atoms with Gasteiger partial charge >= 0.3 is 0 Å². The first kappa shape index (κ1) is 94.6. The number of unbranched alkanes of at least 4 members (excludes halogenated alkanes) is 1. The van der Waals surface area contributed by atoms with E-state index in [1.54, 1.807) is 132 Å². The van der Waals surface area contributed by atoms with Crippen LogP contribution in [0.4, 0.5) is 35.0 Å². The largest absolute Gasteiger partial charge is 0.276 e. The number of halogens is 9. The predicted molar refractivity (Wildman–Crippen MR) is 426 cm³/mol. The molecule has 0 aliphatic carbocycles. The van der Waals surface area contributed by atoms with E-state index in [-0.39, 0.29) is 5.92 Å². The van der Waals surface area contributed by atoms with Crippen LogP contribution in [-0.4, -0.2) is 137 Å². The van der Waals surface area contributed by atoms with Gasteiger partial charge in [-0.15, -0.1) is 62.8 Å². The lowest BCUT2D eigenvalue weighted by molar-refractivity contribution is -0.679. The quantitative estimate of drug-likeness (QED) is 0.0619. The van der Waals surface area contributed by atoms with Crippen molar-refractivity contribution in [2.45, 2.75) is 87.0 Å². The Morgan fingerprint density at radius 3 is 1.32 bits per heavy atom. The number of hydrogen-bond donors (Lipinski definition) is 0. The zero-order valence-corrected chi connectivity index (χ0v) is 70.3. The zero-order chi connectivity index (χ0) is 83.9. The number of fused-ring (bicyclic) bond motifs is 2. The SMILES string of the molecule is C=S(=O)(F)[n+]1cc(C)n(C)c1CC.C=S(=O)(F)n1c(C)[n+](C)c2ccccc21.C=S(=O)(F)n1c[n+](C)c2ccccc21.C=S(=O)(F)n1cc[n+](C)c1.C=S(=O)(F)n1cc[n+](C)c1C.C=S(=O)(F)n1cc[n+](C)c1C(C)C.C=S(=O)(F)n1cc[n+](C)c1CCCC.C=S(=O)(F)n1ccnc1.C=S(=O)(F)n1ccnc1C. The summed E-state index contributed by atoms with van der Waals surface area (Å²) in [5.74, 6) is 30.3. The second-order valence-electron chi connectivity index (χ2n) is 23.9. The number of nitrogens with zero attached hydrogens (tertiary/aromatic N) is 18. The highest BCUT2D eigenvalue weighted by molar-refractivity contribution is 7.96. The maximum atomic E-state index is 13.5. The van der Waals surface area contributed by atoms with E-state index < -0.39 is 90.8 Å². The Kier molecular flexibility index (Phi) is 32.9. The van der Waals surface area contributed by atoms with Gasteiger partial charge in [-0.1, -0.05) is 58.4 Å². The molecule has 11 rings (SSSR count). The van der Waals surface area contributed by atoms with Crippen molar-refractivity contribution >= 4 is 166 Å². The summed E-state index contributed by atoms with van der Waals surface area (Å²) in [5.41, 5.74) is 3.70. The van der Waals surface area contributed by atoms with Crippen LogP contribution in [-0.2, 0) is 153 Å². The molecule has 0 saturated heterocycles. The van der Waals surface area contributed by atoms with Gasteiger partial charge in [0.25, 0.3) is 112 Å². The predicted octanol–water partition coefficient (Wildman–Crippen LogP) is 4.80. The lowest BCUT2D eigenvalue weighted by Gasteiger charge is -2.03. The van der Waals surface area contributed by atoms with Gasteiger partial charge in [0, 0.05) is 105 Å². The molecule has 0 amide bonds. The van der Waals surface area contributed by atoms with Gasteiger partial charge in [0.05, 0.1) is 61.7 Å². The lowest BCUT2D eigenvalue weighted by atomic mass is 10.2. The van der Waals surface area contributed by atoms with Gasteiger partial charge in [0.15, 0.2) is 22.1 Å². The Morgan fingerprint density at radius 1 is 0.477 bits per heavy atom. The molecule has 109 heavy (non-hydrogen) atoms. The lowest BCUT2D eigenvalue weighted by Crippen LogP contribution is -2.42. The van der Waals surface area contributed by atoms with Gasteiger partial charge in [-0.3, -0.25) is 0 Å². The topological polar surface area (TPSA) is 251 Å². The molecule has 9 atom stereocenters. The zero-order valence-electron chi connectivity index (χ0n) is 62.9. The van der Waals surface area contributed by atoms with Crippen molar-refractivity contribution in [2.75, 3.05) is 0 Å². The fraction of sp³-hybridized carbons (Fsp3) is 0.312. The summed E-state index contributed by atoms with van der Waals surface area (Å²) in [5, 5.41) is 0. The molecular formula is C64H96F9N18O9S9+7. The van der Waals surface area contributed by atoms with E-state index in [2.05, 4.69) is 69.7 Å². The molecule has 606 valence electrons. The summed E-state index contributed by atoms with van der Waals surface area (Å²) in [6.45, 7) is 14.6. The third kappa shape index (κ3) is 27.1. The highest BCUT2D eigenvalue weighted by atomic mass is 32.3. The normalized spacial score (nSPS) is 16.0. The number of para-hydroxylation sites is 4. The highest BCUT2D eigenvalue weighted by Gasteiger charge is 2.28. The fourth-order valence-corrected chi connectivity index (χ4v) is 16.3. The molecule has 0 spiro atoms. The molecule has 0 radical (unpaired) electrons. The van der Waals surface area contributed by atoms with Gasteiger partial charge in [-0.2, -0.15) is 29.5 Å². The molecule has 45 heteroatoms. The van der Waals surface area contributed by atoms with Crippen molar-refractivity contribution in [1.29, 1.82) is 0 Å². The first-order valence-corrected chi connectivity index (χ1v) is 45.7. The molecular weight excluding hydrogens is 1620 g/mol. The Balaban J connectivity index is 0.000000319. The Bertz CT molecular complexity index is 6060. The summed E-state index contributed by atoms with van der Waals surface area (Å²) in [6, 6.07) is 14.4. The van der Waals surface area contributed by atoms with Crippen molar-refractivity contribution in [2.24, 2.45) is 49.3 Å². The molecule has 27 nitrogen and oxygen atoms in total. The van der Waals surface area contributed by atoms with Crippen LogP contribution >= 0.6 is 0 Å². The first-order valence-electron chi connectivity index (χ1n) is 31.5. The maximum absolute atomic E-state index is 13.5. The third-order valence-corrected chi connectivity index (χ3v) is 23.3. The van der Waals surface area contributed by atoms with Crippen LogP contribution in [0.5, 0.6) is 0 Å². The van der Waals surface area contributed by atoms with Crippen LogP contribution in [0.25, 0.3) is 22.1 Å². The number of benzene rings is 2. The van der Waals surface area contributed by atoms with Gasteiger partial charge in [-0.05, 0) is 37.6 Å². The maximum Gasteiger partial charge on any atom is 0.276 e. The number of hydrogen-bond acceptors (Lipinski definition) is 11. The number of aryl methyl sites for hydroxylation is 8. The first-order chi connectivity index (χ1) is 49.6. The summed E-state index contributed by atoms with van der Waals surface area (Å²) in [6.07, 6.45) is 26.3. The molecule has 9 unspecified atom stereocenters. The molecule has 0 aliphatic rings. The monoisotopic (exact) mass is 1720 g/mol. The molecule has 0 aliphatic heterocycles. The number of rotatable bonds is 14. The van der Waals surface area contributed by atoms with Crippen molar-refractivity contribution < 1.29 is 104 Å². The van der Waals surface area contributed by atoms with Crippen LogP contribution < -0.4 is 31.4 Å². The van der Waals surface area contributed by atoms with Crippen LogP contribution in [0.2, 0.25) is 0 Å². The average molecular weight is 1720 g/mol. The van der Waals surface area contributed by atoms with Gasteiger partial charge in [0.1, 0.15) is 73.6 Å². The minimum absolute atomic E-state index is 0.110. The molecule has 2 aromatic carbocycles. The van der Waals surface area contributed by atoms with Crippen LogP contribution in [0.15, 0.2) is 148 Å². The minimum Gasteiger partial charge on any atom is -0.244 e. The van der Waals surface area contributed by atoms with E-state index in [1.807, 2.05) is 70.6 Å². The number of aromatic nitrogens is 18. The van der Waals surface area contributed by atoms with E-state index in [0.29, 0.717) is 52.4 Å². The molecule has 0 N–H and O–H groups in total. The third-order valence-electron chi connectivity index (χ3n) is 15.1. The summed E-state index contributed by atoms with van der Waals surface area (Å²) < 4.78 is 236. The molecule has 0 fully saturated rings.